The number of carbonyl (C=O) groups is 3. The lowest BCUT2D eigenvalue weighted by atomic mass is 10.7. The van der Waals surface area contributed by atoms with Gasteiger partial charge in [0.25, 0.3) is 0 Å². The van der Waals surface area contributed by atoms with E-state index in [1.54, 1.807) is 0 Å². The molecule has 1 rings (SSSR count). The summed E-state index contributed by atoms with van der Waals surface area (Å²) < 4.78 is 4.68. The van der Waals surface area contributed by atoms with E-state index in [0.717, 1.165) is 18.2 Å². The van der Waals surface area contributed by atoms with Crippen molar-refractivity contribution in [2.45, 2.75) is 0 Å². The van der Waals surface area contributed by atoms with Crippen molar-refractivity contribution in [3.8, 4) is 6.01 Å². The van der Waals surface area contributed by atoms with Crippen LogP contribution in [-0.4, -0.2) is 66.5 Å². The standard InChI is InChI=1S/C5H7N3O4.3C3H4O2/c9-1-2-12-5-7-3(10)6-4(11)8-5;3*1-2-3(4)5/h9H,1-2H2,(H2,6,7,8,10,11);3*2H,1H2,(H,4,5). The molecular formula is C14H19N3O10. The van der Waals surface area contributed by atoms with Gasteiger partial charge in [-0.1, -0.05) is 19.7 Å². The second kappa shape index (κ2) is 18.3. The van der Waals surface area contributed by atoms with E-state index in [9.17, 15) is 24.0 Å². The Morgan fingerprint density at radius 1 is 0.926 bits per heavy atom. The zero-order chi connectivity index (χ0) is 21.8. The quantitative estimate of drug-likeness (QED) is 0.310. The number of aliphatic carboxylic acids is 3. The van der Waals surface area contributed by atoms with Crippen molar-refractivity contribution in [3.63, 3.8) is 0 Å². The Morgan fingerprint density at radius 3 is 1.56 bits per heavy atom. The molecule has 6 N–H and O–H groups in total. The number of aromatic amines is 2. The maximum absolute atomic E-state index is 10.6. The second-order valence-electron chi connectivity index (χ2n) is 3.50. The maximum atomic E-state index is 10.6. The van der Waals surface area contributed by atoms with Gasteiger partial charge < -0.3 is 25.2 Å². The first-order valence-electron chi connectivity index (χ1n) is 6.54. The van der Waals surface area contributed by atoms with E-state index in [1.165, 1.54) is 0 Å². The fraction of sp³-hybridized carbons (Fsp3) is 0.143. The number of hydrogen-bond acceptors (Lipinski definition) is 8. The monoisotopic (exact) mass is 389 g/mol. The number of aliphatic hydroxyl groups excluding tert-OH is 1. The van der Waals surface area contributed by atoms with E-state index in [2.05, 4.69) is 34.4 Å². The molecule has 0 atom stereocenters. The molecule has 0 fully saturated rings. The van der Waals surface area contributed by atoms with Crippen LogP contribution >= 0.6 is 0 Å². The lowest BCUT2D eigenvalue weighted by Crippen LogP contribution is -2.25. The van der Waals surface area contributed by atoms with Gasteiger partial charge in [0.2, 0.25) is 0 Å². The topological polar surface area (TPSA) is 220 Å². The van der Waals surface area contributed by atoms with Crippen LogP contribution in [0.1, 0.15) is 0 Å². The maximum Gasteiger partial charge on any atom is 0.353 e. The SMILES string of the molecule is C=CC(=O)O.C=CC(=O)O.C=CC(=O)O.O=c1nc(OCCO)[nH]c(=O)[nH]1. The van der Waals surface area contributed by atoms with Crippen LogP contribution in [0.4, 0.5) is 0 Å². The van der Waals surface area contributed by atoms with E-state index in [4.69, 9.17) is 20.4 Å². The number of hydrogen-bond donors (Lipinski definition) is 6. The number of nitrogens with one attached hydrogen (secondary N) is 2. The van der Waals surface area contributed by atoms with Gasteiger partial charge in [0, 0.05) is 18.2 Å². The summed E-state index contributed by atoms with van der Waals surface area (Å²) in [4.78, 5) is 56.1. The van der Waals surface area contributed by atoms with Gasteiger partial charge in [-0.2, -0.15) is 0 Å². The Bertz CT molecular complexity index is 664. The number of aliphatic hydroxyl groups is 1. The molecule has 0 spiro atoms. The number of rotatable bonds is 6. The molecule has 1 heterocycles. The molecule has 0 aliphatic carbocycles. The van der Waals surface area contributed by atoms with Crippen molar-refractivity contribution in [2.75, 3.05) is 13.2 Å². The third kappa shape index (κ3) is 27.2. The summed E-state index contributed by atoms with van der Waals surface area (Å²) in [6, 6.07) is -0.196. The average molecular weight is 389 g/mol. The summed E-state index contributed by atoms with van der Waals surface area (Å²) in [7, 11) is 0. The molecule has 150 valence electrons. The molecule has 0 amide bonds. The first-order chi connectivity index (χ1) is 12.5. The highest BCUT2D eigenvalue weighted by atomic mass is 16.5. The number of aromatic nitrogens is 3. The largest absolute Gasteiger partial charge is 0.478 e. The van der Waals surface area contributed by atoms with E-state index in [1.807, 2.05) is 4.98 Å². The van der Waals surface area contributed by atoms with Crippen LogP contribution in [0, 0.1) is 0 Å². The molecule has 0 radical (unpaired) electrons. The predicted molar refractivity (Wildman–Crippen MR) is 91.6 cm³/mol. The van der Waals surface area contributed by atoms with Crippen molar-refractivity contribution < 1.29 is 39.5 Å². The highest BCUT2D eigenvalue weighted by Gasteiger charge is 1.97. The van der Waals surface area contributed by atoms with Crippen LogP contribution in [0.5, 0.6) is 6.01 Å². The predicted octanol–water partition coefficient (Wildman–Crippen LogP) is -1.40. The van der Waals surface area contributed by atoms with Gasteiger partial charge in [-0.15, -0.1) is 4.98 Å². The van der Waals surface area contributed by atoms with Gasteiger partial charge in [0.05, 0.1) is 6.61 Å². The smallest absolute Gasteiger partial charge is 0.353 e. The van der Waals surface area contributed by atoms with E-state index in [0.29, 0.717) is 0 Å². The Labute approximate surface area is 151 Å². The van der Waals surface area contributed by atoms with Gasteiger partial charge in [-0.05, 0) is 0 Å². The summed E-state index contributed by atoms with van der Waals surface area (Å²) >= 11 is 0. The molecule has 0 aliphatic heterocycles. The van der Waals surface area contributed by atoms with Crippen LogP contribution in [0.25, 0.3) is 0 Å². The van der Waals surface area contributed by atoms with Gasteiger partial charge >= 0.3 is 35.3 Å². The molecule has 27 heavy (non-hydrogen) atoms. The van der Waals surface area contributed by atoms with Crippen molar-refractivity contribution in [2.24, 2.45) is 0 Å². The fourth-order valence-electron chi connectivity index (χ4n) is 0.584. The normalized spacial score (nSPS) is 7.89. The number of carboxylic acid groups (broad SMARTS) is 3. The third-order valence-electron chi connectivity index (χ3n) is 1.50. The number of nitrogens with zero attached hydrogens (tertiary/aromatic N) is 1. The molecule has 13 nitrogen and oxygen atoms in total. The third-order valence-corrected chi connectivity index (χ3v) is 1.50. The summed E-state index contributed by atoms with van der Waals surface area (Å²) in [5.74, 6) is -2.94. The van der Waals surface area contributed by atoms with Crippen molar-refractivity contribution in [3.05, 3.63) is 58.9 Å². The van der Waals surface area contributed by atoms with Crippen molar-refractivity contribution >= 4 is 17.9 Å². The minimum atomic E-state index is -0.981. The Balaban J connectivity index is -0.000000323. The molecule has 0 saturated carbocycles. The Morgan fingerprint density at radius 2 is 1.30 bits per heavy atom. The zero-order valence-electron chi connectivity index (χ0n) is 14.0. The van der Waals surface area contributed by atoms with E-state index >= 15 is 0 Å². The van der Waals surface area contributed by atoms with Gasteiger partial charge in [0.1, 0.15) is 6.61 Å². The van der Waals surface area contributed by atoms with E-state index in [-0.39, 0.29) is 19.2 Å². The first-order valence-corrected chi connectivity index (χ1v) is 6.54. The minimum Gasteiger partial charge on any atom is -0.478 e. The zero-order valence-corrected chi connectivity index (χ0v) is 14.0. The lowest BCUT2D eigenvalue weighted by molar-refractivity contribution is -0.132. The fourth-order valence-corrected chi connectivity index (χ4v) is 0.584. The molecule has 1 aromatic heterocycles. The molecule has 0 unspecified atom stereocenters. The van der Waals surface area contributed by atoms with Gasteiger partial charge in [-0.3, -0.25) is 9.97 Å². The summed E-state index contributed by atoms with van der Waals surface area (Å²) in [5, 5.41) is 31.1. The highest BCUT2D eigenvalue weighted by molar-refractivity contribution is 5.79. The molecule has 13 heteroatoms. The first kappa shape index (κ1) is 27.8. The molecular weight excluding hydrogens is 370 g/mol. The van der Waals surface area contributed by atoms with Gasteiger partial charge in [0.15, 0.2) is 0 Å². The average Bonchev–Trinajstić information content (AvgIpc) is 2.60. The number of H-pyrrole nitrogens is 2. The van der Waals surface area contributed by atoms with Crippen LogP contribution in [-0.2, 0) is 14.4 Å². The lowest BCUT2D eigenvalue weighted by Gasteiger charge is -1.99. The van der Waals surface area contributed by atoms with Crippen LogP contribution in [0.2, 0.25) is 0 Å². The molecule has 1 aromatic rings. The number of carboxylic acids is 3. The molecule has 0 aliphatic rings. The van der Waals surface area contributed by atoms with Crippen LogP contribution in [0.15, 0.2) is 47.6 Å². The summed E-state index contributed by atoms with van der Waals surface area (Å²) in [6.45, 7) is 8.65. The molecule has 0 saturated heterocycles. The van der Waals surface area contributed by atoms with Crippen molar-refractivity contribution in [1.29, 1.82) is 0 Å². The van der Waals surface area contributed by atoms with Crippen LogP contribution in [0.3, 0.4) is 0 Å². The highest BCUT2D eigenvalue weighted by Crippen LogP contribution is 1.89. The minimum absolute atomic E-state index is 0.0214. The Kier molecular flexibility index (Phi) is 18.9. The van der Waals surface area contributed by atoms with E-state index < -0.39 is 29.3 Å². The Hall–Kier alpha value is -4.00. The molecule has 0 aromatic carbocycles. The molecule has 0 bridgehead atoms. The van der Waals surface area contributed by atoms with Crippen LogP contribution < -0.4 is 16.1 Å². The summed E-state index contributed by atoms with van der Waals surface area (Å²) in [6.07, 6.45) is 2.50. The second-order valence-corrected chi connectivity index (χ2v) is 3.50. The van der Waals surface area contributed by atoms with Gasteiger partial charge in [-0.25, -0.2) is 24.0 Å². The summed E-state index contributed by atoms with van der Waals surface area (Å²) in [5.41, 5.74) is -1.48. The number of ether oxygens (including phenoxy) is 1. The van der Waals surface area contributed by atoms with Crippen molar-refractivity contribution in [1.82, 2.24) is 15.0 Å².